The van der Waals surface area contributed by atoms with Crippen LogP contribution in [0.25, 0.3) is 16.8 Å². The van der Waals surface area contributed by atoms with Gasteiger partial charge in [-0.2, -0.15) is 0 Å². The monoisotopic (exact) mass is 304 g/mol. The van der Waals surface area contributed by atoms with E-state index >= 15 is 0 Å². The van der Waals surface area contributed by atoms with Gasteiger partial charge in [-0.25, -0.2) is 0 Å². The molecule has 104 valence electrons. The molecule has 2 aromatic carbocycles. The Balaban J connectivity index is 2.26. The lowest BCUT2D eigenvalue weighted by atomic mass is 10.0. The fourth-order valence-electron chi connectivity index (χ4n) is 2.06. The molecule has 0 aliphatic carbocycles. The van der Waals surface area contributed by atoms with Gasteiger partial charge in [-0.15, -0.1) is 11.6 Å². The molecule has 0 aromatic heterocycles. The van der Waals surface area contributed by atoms with Gasteiger partial charge in [0.25, 0.3) is 0 Å². The van der Waals surface area contributed by atoms with Crippen molar-refractivity contribution in [3.05, 3.63) is 54.1 Å². The van der Waals surface area contributed by atoms with Gasteiger partial charge >= 0.3 is 0 Å². The molecule has 0 radical (unpaired) electrons. The third-order valence-corrected chi connectivity index (χ3v) is 4.30. The summed E-state index contributed by atoms with van der Waals surface area (Å²) in [7, 11) is 0. The molecule has 1 atom stereocenters. The van der Waals surface area contributed by atoms with E-state index in [0.717, 1.165) is 11.3 Å². The SMILES string of the molecule is CCSC(=O)[C@@H](C=Cc1cccc2ccccc12)CCl. The normalized spacial score (nSPS) is 12.9. The second kappa shape index (κ2) is 7.51. The largest absolute Gasteiger partial charge is 0.287 e. The van der Waals surface area contributed by atoms with E-state index in [2.05, 4.69) is 24.3 Å². The Morgan fingerprint density at radius 3 is 2.75 bits per heavy atom. The number of hydrogen-bond acceptors (Lipinski definition) is 2. The molecule has 0 saturated carbocycles. The van der Waals surface area contributed by atoms with Crippen LogP contribution in [0.5, 0.6) is 0 Å². The van der Waals surface area contributed by atoms with Crippen LogP contribution in [-0.2, 0) is 4.79 Å². The van der Waals surface area contributed by atoms with Crippen molar-refractivity contribution in [3.8, 4) is 0 Å². The first-order valence-corrected chi connectivity index (χ1v) is 8.17. The smallest absolute Gasteiger partial charge is 0.196 e. The molecular formula is C17H17ClOS. The van der Waals surface area contributed by atoms with Crippen molar-refractivity contribution in [2.75, 3.05) is 11.6 Å². The van der Waals surface area contributed by atoms with Gasteiger partial charge in [0.1, 0.15) is 0 Å². The predicted octanol–water partition coefficient (Wildman–Crippen LogP) is 4.99. The maximum Gasteiger partial charge on any atom is 0.196 e. The van der Waals surface area contributed by atoms with Gasteiger partial charge in [-0.3, -0.25) is 4.79 Å². The highest BCUT2D eigenvalue weighted by molar-refractivity contribution is 8.13. The van der Waals surface area contributed by atoms with E-state index in [9.17, 15) is 4.79 Å². The first kappa shape index (κ1) is 15.1. The minimum absolute atomic E-state index is 0.138. The summed E-state index contributed by atoms with van der Waals surface area (Å²) in [5.74, 6) is 0.891. The molecule has 0 fully saturated rings. The number of thioether (sulfide) groups is 1. The Bertz CT molecular complexity index is 616. The van der Waals surface area contributed by atoms with Crippen LogP contribution in [-0.4, -0.2) is 16.7 Å². The van der Waals surface area contributed by atoms with Gasteiger partial charge in [0.2, 0.25) is 0 Å². The van der Waals surface area contributed by atoms with Gasteiger partial charge < -0.3 is 0 Å². The van der Waals surface area contributed by atoms with Gasteiger partial charge in [0, 0.05) is 5.88 Å². The van der Waals surface area contributed by atoms with Crippen LogP contribution in [0, 0.1) is 5.92 Å². The number of benzene rings is 2. The number of alkyl halides is 1. The molecule has 2 aromatic rings. The summed E-state index contributed by atoms with van der Waals surface area (Å²) in [4.78, 5) is 11.9. The zero-order valence-electron chi connectivity index (χ0n) is 11.4. The summed E-state index contributed by atoms with van der Waals surface area (Å²) < 4.78 is 0. The first-order valence-electron chi connectivity index (χ1n) is 6.64. The van der Waals surface area contributed by atoms with Crippen molar-refractivity contribution in [2.24, 2.45) is 5.92 Å². The number of hydrogen-bond donors (Lipinski definition) is 0. The van der Waals surface area contributed by atoms with Crippen molar-refractivity contribution >= 4 is 45.3 Å². The van der Waals surface area contributed by atoms with Crippen LogP contribution in [0.4, 0.5) is 0 Å². The Hall–Kier alpha value is -1.25. The molecular weight excluding hydrogens is 288 g/mol. The van der Waals surface area contributed by atoms with Gasteiger partial charge in [-0.1, -0.05) is 73.3 Å². The molecule has 3 heteroatoms. The summed E-state index contributed by atoms with van der Waals surface area (Å²) in [6, 6.07) is 14.4. The van der Waals surface area contributed by atoms with Gasteiger partial charge in [0.05, 0.1) is 5.92 Å². The van der Waals surface area contributed by atoms with Crippen molar-refractivity contribution < 1.29 is 4.79 Å². The number of allylic oxidation sites excluding steroid dienone is 1. The second-order valence-electron chi connectivity index (χ2n) is 4.44. The number of fused-ring (bicyclic) bond motifs is 1. The zero-order valence-corrected chi connectivity index (χ0v) is 13.0. The van der Waals surface area contributed by atoms with Gasteiger partial charge in [0.15, 0.2) is 5.12 Å². The van der Waals surface area contributed by atoms with E-state index in [1.807, 2.05) is 37.3 Å². The van der Waals surface area contributed by atoms with Crippen LogP contribution < -0.4 is 0 Å². The molecule has 0 spiro atoms. The maximum absolute atomic E-state index is 11.9. The summed E-state index contributed by atoms with van der Waals surface area (Å²) in [6.07, 6.45) is 3.92. The molecule has 0 aliphatic heterocycles. The lowest BCUT2D eigenvalue weighted by molar-refractivity contribution is -0.112. The average Bonchev–Trinajstić information content (AvgIpc) is 2.48. The number of carbonyl (C=O) groups is 1. The van der Waals surface area contributed by atoms with E-state index in [4.69, 9.17) is 11.6 Å². The minimum atomic E-state index is -0.222. The molecule has 0 N–H and O–H groups in total. The Kier molecular flexibility index (Phi) is 5.69. The Labute approximate surface area is 129 Å². The minimum Gasteiger partial charge on any atom is -0.287 e. The Morgan fingerprint density at radius 1 is 1.25 bits per heavy atom. The predicted molar refractivity (Wildman–Crippen MR) is 90.3 cm³/mol. The molecule has 0 unspecified atom stereocenters. The molecule has 0 bridgehead atoms. The summed E-state index contributed by atoms with van der Waals surface area (Å²) in [5, 5.41) is 2.53. The second-order valence-corrected chi connectivity index (χ2v) is 6.02. The molecule has 20 heavy (non-hydrogen) atoms. The molecule has 0 amide bonds. The van der Waals surface area contributed by atoms with Crippen molar-refractivity contribution in [2.45, 2.75) is 6.92 Å². The lowest BCUT2D eigenvalue weighted by Crippen LogP contribution is -2.09. The average molecular weight is 305 g/mol. The van der Waals surface area contributed by atoms with E-state index in [1.54, 1.807) is 0 Å². The number of rotatable bonds is 5. The zero-order chi connectivity index (χ0) is 14.4. The van der Waals surface area contributed by atoms with Crippen LogP contribution in [0.1, 0.15) is 12.5 Å². The highest BCUT2D eigenvalue weighted by Gasteiger charge is 2.13. The fraction of sp³-hybridized carbons (Fsp3) is 0.235. The number of halogens is 1. The molecule has 2 rings (SSSR count). The molecule has 0 aliphatic rings. The highest BCUT2D eigenvalue weighted by Crippen LogP contribution is 2.21. The third kappa shape index (κ3) is 3.65. The highest BCUT2D eigenvalue weighted by atomic mass is 35.5. The van der Waals surface area contributed by atoms with Crippen LogP contribution in [0.2, 0.25) is 0 Å². The maximum atomic E-state index is 11.9. The molecule has 0 saturated heterocycles. The van der Waals surface area contributed by atoms with Crippen molar-refractivity contribution in [3.63, 3.8) is 0 Å². The van der Waals surface area contributed by atoms with E-state index < -0.39 is 0 Å². The summed E-state index contributed by atoms with van der Waals surface area (Å²) in [5.41, 5.74) is 1.12. The van der Waals surface area contributed by atoms with Crippen LogP contribution in [0.3, 0.4) is 0 Å². The molecule has 1 nitrogen and oxygen atoms in total. The molecule has 0 heterocycles. The first-order chi connectivity index (χ1) is 9.76. The van der Waals surface area contributed by atoms with Crippen LogP contribution >= 0.6 is 23.4 Å². The quantitative estimate of drug-likeness (QED) is 0.724. The lowest BCUT2D eigenvalue weighted by Gasteiger charge is -2.07. The van der Waals surface area contributed by atoms with E-state index in [-0.39, 0.29) is 11.0 Å². The standard InChI is InChI=1S/C17H17ClOS/c1-2-20-17(19)15(12-18)11-10-14-8-5-7-13-6-3-4-9-16(13)14/h3-11,15H,2,12H2,1H3/t15-/m0/s1. The van der Waals surface area contributed by atoms with Crippen molar-refractivity contribution in [1.29, 1.82) is 0 Å². The Morgan fingerprint density at radius 2 is 2.00 bits per heavy atom. The van der Waals surface area contributed by atoms with Crippen molar-refractivity contribution in [1.82, 2.24) is 0 Å². The van der Waals surface area contributed by atoms with E-state index in [1.165, 1.54) is 22.5 Å². The third-order valence-electron chi connectivity index (χ3n) is 3.09. The van der Waals surface area contributed by atoms with Crippen LogP contribution in [0.15, 0.2) is 48.5 Å². The van der Waals surface area contributed by atoms with E-state index in [0.29, 0.717) is 5.88 Å². The fourth-order valence-corrected chi connectivity index (χ4v) is 3.05. The number of carbonyl (C=O) groups excluding carboxylic acids is 1. The summed E-state index contributed by atoms with van der Waals surface area (Å²) >= 11 is 7.23. The summed E-state index contributed by atoms with van der Waals surface area (Å²) in [6.45, 7) is 1.97. The topological polar surface area (TPSA) is 17.1 Å². The van der Waals surface area contributed by atoms with Gasteiger partial charge in [-0.05, 0) is 22.1 Å².